The highest BCUT2D eigenvalue weighted by atomic mass is 19.4. The van der Waals surface area contributed by atoms with Crippen LogP contribution < -0.4 is 15.5 Å². The summed E-state index contributed by atoms with van der Waals surface area (Å²) in [5.41, 5.74) is 8.04. The minimum Gasteiger partial charge on any atom is -0.383 e. The summed E-state index contributed by atoms with van der Waals surface area (Å²) >= 11 is 0. The Hall–Kier alpha value is -3.89. The molecular formula is C22H21F3N8. The molecule has 0 amide bonds. The number of nitrogen functional groups attached to an aromatic ring is 1. The number of rotatable bonds is 4. The smallest absolute Gasteiger partial charge is 0.383 e. The fourth-order valence-corrected chi connectivity index (χ4v) is 4.17. The summed E-state index contributed by atoms with van der Waals surface area (Å²) in [5.74, 6) is 0.514. The van der Waals surface area contributed by atoms with Gasteiger partial charge < -0.3 is 20.1 Å². The van der Waals surface area contributed by atoms with E-state index in [4.69, 9.17) is 5.73 Å². The van der Waals surface area contributed by atoms with Gasteiger partial charge in [0, 0.05) is 55.5 Å². The number of nitrogens with zero attached hydrogens (tertiary/aromatic N) is 7. The van der Waals surface area contributed by atoms with Crippen molar-refractivity contribution in [2.24, 2.45) is 0 Å². The van der Waals surface area contributed by atoms with E-state index in [-0.39, 0.29) is 18.9 Å². The van der Waals surface area contributed by atoms with E-state index in [0.717, 1.165) is 26.6 Å². The van der Waals surface area contributed by atoms with Gasteiger partial charge in [-0.2, -0.15) is 13.2 Å². The van der Waals surface area contributed by atoms with E-state index in [1.54, 1.807) is 12.4 Å². The van der Waals surface area contributed by atoms with E-state index in [1.165, 1.54) is 0 Å². The molecular weight excluding hydrogens is 433 g/mol. The lowest BCUT2D eigenvalue weighted by molar-refractivity contribution is -0.147. The number of pyridine rings is 2. The third kappa shape index (κ3) is 3.90. The Labute approximate surface area is 187 Å². The molecule has 170 valence electrons. The highest BCUT2D eigenvalue weighted by Gasteiger charge is 2.39. The first-order valence-corrected chi connectivity index (χ1v) is 10.3. The van der Waals surface area contributed by atoms with Gasteiger partial charge in [0.2, 0.25) is 5.82 Å². The molecule has 5 rings (SSSR count). The lowest BCUT2D eigenvalue weighted by Crippen LogP contribution is -2.35. The molecule has 3 aromatic heterocycles. The molecule has 2 N–H and O–H groups in total. The van der Waals surface area contributed by atoms with Gasteiger partial charge >= 0.3 is 6.18 Å². The average Bonchev–Trinajstić information content (AvgIpc) is 3.23. The number of hydrogen-bond acceptors (Lipinski definition) is 7. The number of anilines is 3. The van der Waals surface area contributed by atoms with Crippen LogP contribution in [0.25, 0.3) is 10.8 Å². The van der Waals surface area contributed by atoms with Crippen molar-refractivity contribution in [1.29, 1.82) is 0 Å². The van der Waals surface area contributed by atoms with Crippen LogP contribution in [0.5, 0.6) is 0 Å². The Balaban J connectivity index is 1.31. The van der Waals surface area contributed by atoms with Gasteiger partial charge in [0.1, 0.15) is 11.6 Å². The van der Waals surface area contributed by atoms with Crippen molar-refractivity contribution in [3.05, 3.63) is 66.0 Å². The van der Waals surface area contributed by atoms with Crippen molar-refractivity contribution in [2.75, 3.05) is 29.1 Å². The van der Waals surface area contributed by atoms with E-state index in [2.05, 4.69) is 25.1 Å². The summed E-state index contributed by atoms with van der Waals surface area (Å²) in [6.45, 7) is 1.40. The zero-order valence-electron chi connectivity index (χ0n) is 17.8. The van der Waals surface area contributed by atoms with Gasteiger partial charge in [-0.1, -0.05) is 18.2 Å². The van der Waals surface area contributed by atoms with Gasteiger partial charge in [-0.05, 0) is 23.8 Å². The van der Waals surface area contributed by atoms with Crippen LogP contribution in [0, 0.1) is 0 Å². The second-order valence-electron chi connectivity index (χ2n) is 7.96. The minimum atomic E-state index is -4.51. The van der Waals surface area contributed by atoms with Gasteiger partial charge in [0.15, 0.2) is 5.82 Å². The van der Waals surface area contributed by atoms with Gasteiger partial charge in [0.25, 0.3) is 0 Å². The van der Waals surface area contributed by atoms with Crippen LogP contribution in [-0.4, -0.2) is 38.3 Å². The molecule has 0 unspecified atom stereocenters. The lowest BCUT2D eigenvalue weighted by atomic mass is 10.1. The van der Waals surface area contributed by atoms with E-state index in [1.807, 2.05) is 48.3 Å². The molecule has 0 spiro atoms. The van der Waals surface area contributed by atoms with Gasteiger partial charge in [-0.25, -0.2) is 9.97 Å². The largest absolute Gasteiger partial charge is 0.451 e. The molecule has 4 aromatic rings. The van der Waals surface area contributed by atoms with E-state index >= 15 is 0 Å². The molecule has 0 fully saturated rings. The minimum absolute atomic E-state index is 0.155. The molecule has 1 aromatic carbocycles. The Morgan fingerprint density at radius 1 is 1.03 bits per heavy atom. The molecule has 0 saturated heterocycles. The first kappa shape index (κ1) is 21.0. The molecule has 33 heavy (non-hydrogen) atoms. The molecule has 1 aliphatic heterocycles. The molecule has 11 heteroatoms. The number of benzene rings is 1. The average molecular weight is 454 g/mol. The van der Waals surface area contributed by atoms with E-state index < -0.39 is 12.0 Å². The summed E-state index contributed by atoms with van der Waals surface area (Å²) in [7, 11) is 2.00. The summed E-state index contributed by atoms with van der Waals surface area (Å²) < 4.78 is 40.3. The van der Waals surface area contributed by atoms with Gasteiger partial charge in [-0.3, -0.25) is 0 Å². The summed E-state index contributed by atoms with van der Waals surface area (Å²) in [6, 6.07) is 11.7. The zero-order valence-corrected chi connectivity index (χ0v) is 17.8. The summed E-state index contributed by atoms with van der Waals surface area (Å²) in [4.78, 5) is 12.7. The first-order chi connectivity index (χ1) is 15.8. The quantitative estimate of drug-likeness (QED) is 0.505. The number of fused-ring (bicyclic) bond motifs is 2. The number of halogens is 3. The topological polar surface area (TPSA) is 89.0 Å². The monoisotopic (exact) mass is 454 g/mol. The van der Waals surface area contributed by atoms with Crippen LogP contribution in [0.1, 0.15) is 17.2 Å². The first-order valence-electron chi connectivity index (χ1n) is 10.3. The molecule has 8 nitrogen and oxygen atoms in total. The molecule has 0 aliphatic carbocycles. The lowest BCUT2D eigenvalue weighted by Gasteiger charge is -2.29. The number of aromatic nitrogens is 5. The SMILES string of the molecule is CN(Cc1ccc(N2CCn3c(nnc3C(F)(F)F)C2)nc1)c1cccc2c(N)nccc12. The maximum Gasteiger partial charge on any atom is 0.451 e. The molecule has 1 aliphatic rings. The van der Waals surface area contributed by atoms with Crippen LogP contribution in [0.3, 0.4) is 0 Å². The van der Waals surface area contributed by atoms with Crippen molar-refractivity contribution < 1.29 is 13.2 Å². The Kier molecular flexibility index (Phi) is 5.03. The Morgan fingerprint density at radius 2 is 1.88 bits per heavy atom. The summed E-state index contributed by atoms with van der Waals surface area (Å²) in [6.07, 6.45) is -1.03. The van der Waals surface area contributed by atoms with E-state index in [0.29, 0.717) is 24.7 Å². The highest BCUT2D eigenvalue weighted by molar-refractivity contribution is 5.99. The standard InChI is InChI=1S/C22H21F3N8/c1-31(17-4-2-3-16-15(17)7-8-27-20(16)26)12-14-5-6-18(28-11-14)32-9-10-33-19(13-32)29-30-21(33)22(23,24)25/h2-8,11H,9-10,12-13H2,1H3,(H2,26,27). The third-order valence-corrected chi connectivity index (χ3v) is 5.78. The molecule has 0 bridgehead atoms. The predicted molar refractivity (Wildman–Crippen MR) is 119 cm³/mol. The number of alkyl halides is 3. The van der Waals surface area contributed by atoms with Crippen LogP contribution in [0.2, 0.25) is 0 Å². The second-order valence-corrected chi connectivity index (χ2v) is 7.96. The molecule has 0 saturated carbocycles. The molecule has 0 atom stereocenters. The normalized spacial score (nSPS) is 13.9. The fourth-order valence-electron chi connectivity index (χ4n) is 4.17. The third-order valence-electron chi connectivity index (χ3n) is 5.78. The number of nitrogens with two attached hydrogens (primary N) is 1. The predicted octanol–water partition coefficient (Wildman–Crippen LogP) is 3.48. The Bertz CT molecular complexity index is 1300. The van der Waals surface area contributed by atoms with Crippen LogP contribution in [-0.2, 0) is 25.8 Å². The van der Waals surface area contributed by atoms with Crippen molar-refractivity contribution >= 4 is 28.1 Å². The zero-order chi connectivity index (χ0) is 23.2. The molecule has 0 radical (unpaired) electrons. The Morgan fingerprint density at radius 3 is 2.64 bits per heavy atom. The van der Waals surface area contributed by atoms with Crippen LogP contribution in [0.4, 0.5) is 30.5 Å². The molecule has 4 heterocycles. The van der Waals surface area contributed by atoms with Crippen LogP contribution in [0.15, 0.2) is 48.8 Å². The van der Waals surface area contributed by atoms with Gasteiger partial charge in [-0.15, -0.1) is 10.2 Å². The van der Waals surface area contributed by atoms with Crippen LogP contribution >= 0.6 is 0 Å². The van der Waals surface area contributed by atoms with Crippen molar-refractivity contribution in [2.45, 2.75) is 25.8 Å². The second kappa shape index (κ2) is 7.91. The van der Waals surface area contributed by atoms with Gasteiger partial charge in [0.05, 0.1) is 6.54 Å². The maximum absolute atomic E-state index is 13.0. The maximum atomic E-state index is 13.0. The van der Waals surface area contributed by atoms with Crippen molar-refractivity contribution in [3.8, 4) is 0 Å². The fraction of sp³-hybridized carbons (Fsp3) is 0.273. The van der Waals surface area contributed by atoms with E-state index in [9.17, 15) is 13.2 Å². The summed E-state index contributed by atoms with van der Waals surface area (Å²) in [5, 5.41) is 8.97. The highest BCUT2D eigenvalue weighted by Crippen LogP contribution is 2.31. The number of hydrogen-bond donors (Lipinski definition) is 1. The van der Waals surface area contributed by atoms with Crippen molar-refractivity contribution in [1.82, 2.24) is 24.7 Å². The van der Waals surface area contributed by atoms with Crippen molar-refractivity contribution in [3.63, 3.8) is 0 Å².